The first kappa shape index (κ1) is 19.8. The number of pyridine rings is 1. The van der Waals surface area contributed by atoms with Crippen molar-refractivity contribution >= 4 is 6.08 Å². The van der Waals surface area contributed by atoms with Gasteiger partial charge in [0, 0.05) is 6.20 Å². The molecule has 0 aliphatic heterocycles. The fourth-order valence-electron chi connectivity index (χ4n) is 1.99. The van der Waals surface area contributed by atoms with Gasteiger partial charge in [0.05, 0.1) is 11.3 Å². The highest BCUT2D eigenvalue weighted by Gasteiger charge is 2.13. The number of fused-ring (bicyclic) bond motifs is 1. The predicted molar refractivity (Wildman–Crippen MR) is 91.9 cm³/mol. The lowest BCUT2D eigenvalue weighted by molar-refractivity contribution is 0.493. The van der Waals surface area contributed by atoms with Gasteiger partial charge in [-0.1, -0.05) is 39.8 Å². The molecule has 3 rings (SSSR count). The lowest BCUT2D eigenvalue weighted by Gasteiger charge is -2.09. The number of allylic oxidation sites excluding steroid dienone is 1. The Morgan fingerprint density at radius 2 is 1.86 bits per heavy atom. The molecular formula is C18H25NO3. The van der Waals surface area contributed by atoms with Gasteiger partial charge in [0.25, 0.3) is 0 Å². The average molecular weight is 303 g/mol. The van der Waals surface area contributed by atoms with E-state index >= 15 is 0 Å². The third-order valence-corrected chi connectivity index (χ3v) is 2.85. The van der Waals surface area contributed by atoms with Crippen LogP contribution in [0.25, 0.3) is 17.3 Å². The SMILES string of the molecule is CC.CC.O.O=c1oc2c(cc1-c1ccccn1)CCC=C2. The number of hydrogen-bond donors (Lipinski definition) is 0. The van der Waals surface area contributed by atoms with Gasteiger partial charge >= 0.3 is 5.63 Å². The van der Waals surface area contributed by atoms with Crippen molar-refractivity contribution in [1.29, 1.82) is 0 Å². The smallest absolute Gasteiger partial charge is 0.345 e. The van der Waals surface area contributed by atoms with Crippen LogP contribution in [0.2, 0.25) is 0 Å². The third-order valence-electron chi connectivity index (χ3n) is 2.85. The molecule has 0 saturated heterocycles. The number of hydrogen-bond acceptors (Lipinski definition) is 3. The third kappa shape index (κ3) is 4.67. The Balaban J connectivity index is 0.000000819. The molecule has 1 aliphatic carbocycles. The summed E-state index contributed by atoms with van der Waals surface area (Å²) in [6.45, 7) is 8.00. The molecule has 120 valence electrons. The summed E-state index contributed by atoms with van der Waals surface area (Å²) in [7, 11) is 0. The molecule has 4 nitrogen and oxygen atoms in total. The lowest BCUT2D eigenvalue weighted by atomic mass is 10.0. The molecule has 0 radical (unpaired) electrons. The van der Waals surface area contributed by atoms with Gasteiger partial charge in [-0.05, 0) is 42.7 Å². The summed E-state index contributed by atoms with van der Waals surface area (Å²) in [6, 6.07) is 7.40. The minimum atomic E-state index is -0.325. The van der Waals surface area contributed by atoms with Crippen molar-refractivity contribution in [3.8, 4) is 11.3 Å². The zero-order valence-electron chi connectivity index (χ0n) is 13.7. The molecule has 0 atom stereocenters. The Labute approximate surface area is 131 Å². The van der Waals surface area contributed by atoms with Crippen LogP contribution in [-0.4, -0.2) is 10.5 Å². The van der Waals surface area contributed by atoms with Crippen LogP contribution in [0.15, 0.2) is 45.8 Å². The van der Waals surface area contributed by atoms with Crippen molar-refractivity contribution in [3.05, 3.63) is 58.3 Å². The molecular weight excluding hydrogens is 278 g/mol. The molecule has 0 spiro atoms. The number of nitrogens with zero attached hydrogens (tertiary/aromatic N) is 1. The lowest BCUT2D eigenvalue weighted by Crippen LogP contribution is -2.08. The molecule has 2 heterocycles. The van der Waals surface area contributed by atoms with E-state index in [1.165, 1.54) is 0 Å². The Morgan fingerprint density at radius 3 is 2.50 bits per heavy atom. The van der Waals surface area contributed by atoms with E-state index in [4.69, 9.17) is 4.42 Å². The second-order valence-electron chi connectivity index (χ2n) is 3.99. The van der Waals surface area contributed by atoms with E-state index in [0.29, 0.717) is 17.0 Å². The van der Waals surface area contributed by atoms with Crippen LogP contribution >= 0.6 is 0 Å². The molecule has 0 bridgehead atoms. The van der Waals surface area contributed by atoms with Crippen LogP contribution < -0.4 is 5.63 Å². The van der Waals surface area contributed by atoms with Crippen molar-refractivity contribution < 1.29 is 9.89 Å². The van der Waals surface area contributed by atoms with Crippen LogP contribution in [0.3, 0.4) is 0 Å². The molecule has 0 amide bonds. The maximum absolute atomic E-state index is 11.9. The molecule has 2 aromatic rings. The topological polar surface area (TPSA) is 74.6 Å². The molecule has 0 saturated carbocycles. The highest BCUT2D eigenvalue weighted by Crippen LogP contribution is 2.22. The minimum absolute atomic E-state index is 0. The molecule has 4 heteroatoms. The van der Waals surface area contributed by atoms with Crippen LogP contribution in [0.1, 0.15) is 45.4 Å². The Morgan fingerprint density at radius 1 is 1.14 bits per heavy atom. The summed E-state index contributed by atoms with van der Waals surface area (Å²) in [6.07, 6.45) is 7.46. The molecule has 0 unspecified atom stereocenters. The van der Waals surface area contributed by atoms with E-state index in [1.54, 1.807) is 6.20 Å². The highest BCUT2D eigenvalue weighted by atomic mass is 16.4. The number of aromatic nitrogens is 1. The van der Waals surface area contributed by atoms with Gasteiger partial charge in [-0.25, -0.2) is 4.79 Å². The van der Waals surface area contributed by atoms with Crippen LogP contribution in [0.4, 0.5) is 0 Å². The van der Waals surface area contributed by atoms with Crippen molar-refractivity contribution in [2.75, 3.05) is 0 Å². The maximum Gasteiger partial charge on any atom is 0.345 e. The zero-order valence-corrected chi connectivity index (χ0v) is 13.7. The summed E-state index contributed by atoms with van der Waals surface area (Å²) in [5.41, 5.74) is 1.96. The second kappa shape index (κ2) is 10.5. The highest BCUT2D eigenvalue weighted by molar-refractivity contribution is 5.61. The average Bonchev–Trinajstić information content (AvgIpc) is 2.58. The van der Waals surface area contributed by atoms with E-state index in [2.05, 4.69) is 4.98 Å². The van der Waals surface area contributed by atoms with Crippen molar-refractivity contribution in [2.45, 2.75) is 40.5 Å². The summed E-state index contributed by atoms with van der Waals surface area (Å²) >= 11 is 0. The summed E-state index contributed by atoms with van der Waals surface area (Å²) < 4.78 is 5.30. The fourth-order valence-corrected chi connectivity index (χ4v) is 1.99. The van der Waals surface area contributed by atoms with Crippen LogP contribution in [-0.2, 0) is 6.42 Å². The monoisotopic (exact) mass is 303 g/mol. The van der Waals surface area contributed by atoms with Gasteiger partial charge in [-0.15, -0.1) is 0 Å². The number of aryl methyl sites for hydroxylation is 1. The first-order valence-corrected chi connectivity index (χ1v) is 7.59. The first-order valence-electron chi connectivity index (χ1n) is 7.59. The minimum Gasteiger partial charge on any atom is -0.423 e. The molecule has 0 aromatic carbocycles. The zero-order chi connectivity index (χ0) is 15.7. The van der Waals surface area contributed by atoms with E-state index < -0.39 is 0 Å². The number of rotatable bonds is 1. The van der Waals surface area contributed by atoms with Crippen molar-refractivity contribution in [3.63, 3.8) is 0 Å². The molecule has 2 N–H and O–H groups in total. The van der Waals surface area contributed by atoms with Gasteiger partial charge in [0.15, 0.2) is 0 Å². The van der Waals surface area contributed by atoms with Gasteiger partial charge in [0.2, 0.25) is 0 Å². The molecule has 22 heavy (non-hydrogen) atoms. The first-order chi connectivity index (χ1) is 10.3. The fraction of sp³-hybridized carbons (Fsp3) is 0.333. The standard InChI is InChI=1S/C14H11NO2.2C2H6.H2O/c16-14-11(12-6-3-4-8-15-12)9-10-5-1-2-7-13(10)17-14;2*1-2;/h2-4,6-9H,1,5H2;2*1-2H3;1H2. The van der Waals surface area contributed by atoms with Gasteiger partial charge < -0.3 is 9.89 Å². The normalized spacial score (nSPS) is 10.9. The molecule has 2 aromatic heterocycles. The summed E-state index contributed by atoms with van der Waals surface area (Å²) in [4.78, 5) is 16.0. The van der Waals surface area contributed by atoms with Crippen LogP contribution in [0, 0.1) is 0 Å². The van der Waals surface area contributed by atoms with E-state index in [0.717, 1.165) is 18.4 Å². The van der Waals surface area contributed by atoms with E-state index in [1.807, 2.05) is 64.1 Å². The predicted octanol–water partition coefficient (Wildman–Crippen LogP) is 3.89. The summed E-state index contributed by atoms with van der Waals surface area (Å²) in [5.74, 6) is 0.681. The molecule has 1 aliphatic rings. The second-order valence-corrected chi connectivity index (χ2v) is 3.99. The Hall–Kier alpha value is -2.20. The van der Waals surface area contributed by atoms with Gasteiger partial charge in [-0.3, -0.25) is 4.98 Å². The van der Waals surface area contributed by atoms with E-state index in [-0.39, 0.29) is 11.1 Å². The Bertz CT molecular complexity index is 631. The van der Waals surface area contributed by atoms with Gasteiger partial charge in [-0.2, -0.15) is 0 Å². The summed E-state index contributed by atoms with van der Waals surface area (Å²) in [5, 5.41) is 0. The largest absolute Gasteiger partial charge is 0.423 e. The maximum atomic E-state index is 11.9. The van der Waals surface area contributed by atoms with Crippen LogP contribution in [0.5, 0.6) is 0 Å². The van der Waals surface area contributed by atoms with Gasteiger partial charge in [0.1, 0.15) is 5.76 Å². The van der Waals surface area contributed by atoms with Crippen molar-refractivity contribution in [1.82, 2.24) is 4.98 Å². The Kier molecular flexibility index (Phi) is 9.46. The van der Waals surface area contributed by atoms with Crippen molar-refractivity contribution in [2.24, 2.45) is 0 Å². The molecule has 0 fully saturated rings. The van der Waals surface area contributed by atoms with E-state index in [9.17, 15) is 4.79 Å². The quantitative estimate of drug-likeness (QED) is 0.802.